The van der Waals surface area contributed by atoms with Gasteiger partial charge in [-0.2, -0.15) is 0 Å². The summed E-state index contributed by atoms with van der Waals surface area (Å²) in [4.78, 5) is 24.4. The molecule has 1 fully saturated rings. The maximum Gasteiger partial charge on any atom is 0.303 e. The van der Waals surface area contributed by atoms with E-state index in [9.17, 15) is 14.0 Å². The van der Waals surface area contributed by atoms with Crippen LogP contribution in [0.2, 0.25) is 0 Å². The Morgan fingerprint density at radius 3 is 2.82 bits per heavy atom. The fraction of sp³-hybridized carbons (Fsp3) is 0.214. The molecule has 8 heteroatoms. The fourth-order valence-corrected chi connectivity index (χ4v) is 3.15. The second-order valence-corrected chi connectivity index (χ2v) is 6.22. The van der Waals surface area contributed by atoms with Gasteiger partial charge in [-0.25, -0.2) is 4.39 Å². The van der Waals surface area contributed by atoms with E-state index in [-0.39, 0.29) is 18.9 Å². The minimum absolute atomic E-state index is 0.0424. The molecule has 0 aromatic heterocycles. The Bertz CT molecular complexity index is 675. The molecular weight excluding hydrogens is 329 g/mol. The van der Waals surface area contributed by atoms with Gasteiger partial charge in [0.1, 0.15) is 4.32 Å². The van der Waals surface area contributed by atoms with E-state index in [1.54, 1.807) is 0 Å². The summed E-state index contributed by atoms with van der Waals surface area (Å²) in [6.45, 7) is 0.234. The van der Waals surface area contributed by atoms with Gasteiger partial charge in [-0.05, 0) is 30.2 Å². The number of phenols is 1. The Morgan fingerprint density at radius 1 is 1.45 bits per heavy atom. The highest BCUT2D eigenvalue weighted by Crippen LogP contribution is 2.33. The Kier molecular flexibility index (Phi) is 5.15. The number of aliphatic carboxylic acids is 1. The number of phenolic OH excluding ortho intramolecular Hbond substituents is 1. The molecule has 2 N–H and O–H groups in total. The molecule has 0 aliphatic carbocycles. The Morgan fingerprint density at radius 2 is 2.18 bits per heavy atom. The van der Waals surface area contributed by atoms with Crippen LogP contribution in [0.15, 0.2) is 23.1 Å². The van der Waals surface area contributed by atoms with Crippen molar-refractivity contribution in [1.82, 2.24) is 4.90 Å². The number of benzene rings is 1. The molecule has 5 nitrogen and oxygen atoms in total. The van der Waals surface area contributed by atoms with Gasteiger partial charge in [0.25, 0.3) is 5.91 Å². The van der Waals surface area contributed by atoms with Crippen molar-refractivity contribution in [3.63, 3.8) is 0 Å². The van der Waals surface area contributed by atoms with Crippen LogP contribution in [0.1, 0.15) is 18.4 Å². The van der Waals surface area contributed by atoms with E-state index in [1.807, 2.05) is 0 Å². The van der Waals surface area contributed by atoms with E-state index < -0.39 is 17.5 Å². The van der Waals surface area contributed by atoms with Gasteiger partial charge in [-0.15, -0.1) is 0 Å². The van der Waals surface area contributed by atoms with Gasteiger partial charge in [-0.3, -0.25) is 14.5 Å². The molecule has 1 amide bonds. The molecule has 0 saturated carbocycles. The second-order valence-electron chi connectivity index (χ2n) is 4.54. The first kappa shape index (κ1) is 16.4. The summed E-state index contributed by atoms with van der Waals surface area (Å²) in [6, 6.07) is 3.80. The quantitative estimate of drug-likeness (QED) is 0.633. The second kappa shape index (κ2) is 6.89. The van der Waals surface area contributed by atoms with Crippen LogP contribution < -0.4 is 0 Å². The molecule has 22 heavy (non-hydrogen) atoms. The predicted octanol–water partition coefficient (Wildman–Crippen LogP) is 2.60. The van der Waals surface area contributed by atoms with Crippen molar-refractivity contribution >= 4 is 46.3 Å². The lowest BCUT2D eigenvalue weighted by Gasteiger charge is -2.13. The number of carboxylic acid groups (broad SMARTS) is 1. The van der Waals surface area contributed by atoms with E-state index in [0.29, 0.717) is 21.2 Å². The van der Waals surface area contributed by atoms with E-state index in [1.165, 1.54) is 23.1 Å². The zero-order valence-corrected chi connectivity index (χ0v) is 12.9. The van der Waals surface area contributed by atoms with Crippen LogP contribution in [-0.2, 0) is 9.59 Å². The largest absolute Gasteiger partial charge is 0.505 e. The van der Waals surface area contributed by atoms with Gasteiger partial charge >= 0.3 is 5.97 Å². The Labute approximate surface area is 135 Å². The SMILES string of the molecule is O=C(O)CCCN1C(=O)/C(=C/c2ccc(O)c(F)c2)SC1=S. The van der Waals surface area contributed by atoms with Crippen LogP contribution in [0, 0.1) is 5.82 Å². The minimum atomic E-state index is -0.930. The summed E-state index contributed by atoms with van der Waals surface area (Å²) >= 11 is 6.18. The number of nitrogens with zero attached hydrogens (tertiary/aromatic N) is 1. The average Bonchev–Trinajstić information content (AvgIpc) is 2.70. The third kappa shape index (κ3) is 3.83. The van der Waals surface area contributed by atoms with Gasteiger partial charge in [0.05, 0.1) is 4.91 Å². The van der Waals surface area contributed by atoms with Crippen molar-refractivity contribution in [2.45, 2.75) is 12.8 Å². The van der Waals surface area contributed by atoms with Crippen LogP contribution in [0.3, 0.4) is 0 Å². The van der Waals surface area contributed by atoms with E-state index in [2.05, 4.69) is 0 Å². The highest BCUT2D eigenvalue weighted by atomic mass is 32.2. The fourth-order valence-electron chi connectivity index (χ4n) is 1.85. The zero-order chi connectivity index (χ0) is 16.3. The van der Waals surface area contributed by atoms with Gasteiger partial charge in [0, 0.05) is 13.0 Å². The third-order valence-corrected chi connectivity index (χ3v) is 4.29. The number of rotatable bonds is 5. The molecule has 0 atom stereocenters. The monoisotopic (exact) mass is 341 g/mol. The van der Waals surface area contributed by atoms with Crippen LogP contribution in [0.5, 0.6) is 5.75 Å². The van der Waals surface area contributed by atoms with E-state index >= 15 is 0 Å². The summed E-state index contributed by atoms with van der Waals surface area (Å²) in [5, 5.41) is 17.7. The standard InChI is InChI=1S/C14H12FNO4S2/c15-9-6-8(3-4-10(9)17)7-11-13(20)16(14(21)22-11)5-1-2-12(18)19/h3-4,6-7,17H,1-2,5H2,(H,18,19)/b11-7-. The van der Waals surface area contributed by atoms with Gasteiger partial charge < -0.3 is 10.2 Å². The molecule has 1 heterocycles. The molecule has 0 bridgehead atoms. The summed E-state index contributed by atoms with van der Waals surface area (Å²) < 4.78 is 13.6. The molecule has 1 aromatic carbocycles. The number of carboxylic acids is 1. The number of aromatic hydroxyl groups is 1. The molecule has 1 saturated heterocycles. The topological polar surface area (TPSA) is 77.8 Å². The van der Waals surface area contributed by atoms with Crippen molar-refractivity contribution in [2.75, 3.05) is 6.54 Å². The van der Waals surface area contributed by atoms with Crippen molar-refractivity contribution in [2.24, 2.45) is 0 Å². The third-order valence-electron chi connectivity index (χ3n) is 2.92. The molecule has 1 aliphatic rings. The van der Waals surface area contributed by atoms with Crippen LogP contribution in [-0.4, -0.2) is 37.9 Å². The smallest absolute Gasteiger partial charge is 0.303 e. The lowest BCUT2D eigenvalue weighted by Crippen LogP contribution is -2.29. The van der Waals surface area contributed by atoms with E-state index in [0.717, 1.165) is 17.8 Å². The molecule has 0 unspecified atom stereocenters. The normalized spacial score (nSPS) is 16.6. The highest BCUT2D eigenvalue weighted by molar-refractivity contribution is 8.26. The van der Waals surface area contributed by atoms with Crippen molar-refractivity contribution in [3.8, 4) is 5.75 Å². The molecule has 116 valence electrons. The maximum absolute atomic E-state index is 13.3. The summed E-state index contributed by atoms with van der Waals surface area (Å²) in [5.74, 6) is -2.49. The van der Waals surface area contributed by atoms with Crippen molar-refractivity contribution in [1.29, 1.82) is 0 Å². The maximum atomic E-state index is 13.3. The lowest BCUT2D eigenvalue weighted by molar-refractivity contribution is -0.137. The molecule has 0 spiro atoms. The first-order valence-electron chi connectivity index (χ1n) is 6.34. The van der Waals surface area contributed by atoms with Gasteiger partial charge in [-0.1, -0.05) is 30.0 Å². The van der Waals surface area contributed by atoms with Crippen LogP contribution in [0.25, 0.3) is 6.08 Å². The molecule has 1 aliphatic heterocycles. The Hall–Kier alpha value is -1.93. The highest BCUT2D eigenvalue weighted by Gasteiger charge is 2.31. The number of amides is 1. The van der Waals surface area contributed by atoms with Crippen molar-refractivity contribution < 1.29 is 24.2 Å². The number of thiocarbonyl (C=S) groups is 1. The number of carbonyl (C=O) groups is 2. The lowest BCUT2D eigenvalue weighted by atomic mass is 10.2. The minimum Gasteiger partial charge on any atom is -0.505 e. The molecule has 0 radical (unpaired) electrons. The first-order valence-corrected chi connectivity index (χ1v) is 7.56. The first-order chi connectivity index (χ1) is 10.4. The van der Waals surface area contributed by atoms with Crippen LogP contribution >= 0.6 is 24.0 Å². The molecule has 2 rings (SSSR count). The van der Waals surface area contributed by atoms with Gasteiger partial charge in [0.2, 0.25) is 0 Å². The number of thioether (sulfide) groups is 1. The number of carbonyl (C=O) groups excluding carboxylic acids is 1. The summed E-state index contributed by atoms with van der Waals surface area (Å²) in [7, 11) is 0. The zero-order valence-electron chi connectivity index (χ0n) is 11.3. The van der Waals surface area contributed by atoms with E-state index in [4.69, 9.17) is 22.4 Å². The van der Waals surface area contributed by atoms with Gasteiger partial charge in [0.15, 0.2) is 11.6 Å². The average molecular weight is 341 g/mol. The number of hydrogen-bond donors (Lipinski definition) is 2. The molecule has 1 aromatic rings. The predicted molar refractivity (Wildman–Crippen MR) is 84.8 cm³/mol. The summed E-state index contributed by atoms with van der Waals surface area (Å²) in [5.41, 5.74) is 0.432. The number of hydrogen-bond acceptors (Lipinski definition) is 5. The summed E-state index contributed by atoms with van der Waals surface area (Å²) in [6.07, 6.45) is 1.75. The van der Waals surface area contributed by atoms with Crippen molar-refractivity contribution in [3.05, 3.63) is 34.5 Å². The Balaban J connectivity index is 2.11. The number of halogens is 1. The molecular formula is C14H12FNO4S2. The van der Waals surface area contributed by atoms with Crippen LogP contribution in [0.4, 0.5) is 4.39 Å².